The number of carbonyl (C=O) groups is 1. The molecule has 0 bridgehead atoms. The lowest BCUT2D eigenvalue weighted by Crippen LogP contribution is -2.38. The normalized spacial score (nSPS) is 11.8. The van der Waals surface area contributed by atoms with Gasteiger partial charge < -0.3 is 10.6 Å². The zero-order valence-corrected chi connectivity index (χ0v) is 15.0. The van der Waals surface area contributed by atoms with Crippen molar-refractivity contribution in [3.05, 3.63) is 79.1 Å². The van der Waals surface area contributed by atoms with Gasteiger partial charge in [-0.25, -0.2) is 0 Å². The van der Waals surface area contributed by atoms with E-state index in [1.54, 1.807) is 12.4 Å². The van der Waals surface area contributed by atoms with Crippen LogP contribution in [0.4, 0.5) is 11.4 Å². The molecule has 0 aliphatic heterocycles. The first kappa shape index (κ1) is 17.7. The van der Waals surface area contributed by atoms with E-state index in [2.05, 4.69) is 15.6 Å². The zero-order chi connectivity index (χ0) is 18.4. The third-order valence-electron chi connectivity index (χ3n) is 4.21. The molecule has 0 aliphatic carbocycles. The topological polar surface area (TPSA) is 54.0 Å². The minimum absolute atomic E-state index is 0.0412. The molecule has 3 aromatic rings. The van der Waals surface area contributed by atoms with Gasteiger partial charge in [0.15, 0.2) is 0 Å². The predicted octanol–water partition coefficient (Wildman–Crippen LogP) is 4.82. The summed E-state index contributed by atoms with van der Waals surface area (Å²) in [5, 5.41) is 6.33. The third kappa shape index (κ3) is 4.48. The minimum atomic E-state index is -0.308. The first-order valence-electron chi connectivity index (χ1n) is 8.76. The zero-order valence-electron chi connectivity index (χ0n) is 15.0. The second-order valence-electron chi connectivity index (χ2n) is 6.53. The number of hydrogen-bond acceptors (Lipinski definition) is 3. The summed E-state index contributed by atoms with van der Waals surface area (Å²) in [5.74, 6) is 0.117. The average Bonchev–Trinajstić information content (AvgIpc) is 2.68. The van der Waals surface area contributed by atoms with Crippen molar-refractivity contribution in [1.29, 1.82) is 0 Å². The monoisotopic (exact) mass is 345 g/mol. The molecular weight excluding hydrogens is 322 g/mol. The number of nitrogens with one attached hydrogen (secondary N) is 2. The Bertz CT molecular complexity index is 830. The third-order valence-corrected chi connectivity index (χ3v) is 4.21. The summed E-state index contributed by atoms with van der Waals surface area (Å²) in [6.07, 6.45) is 3.54. The Morgan fingerprint density at radius 2 is 1.42 bits per heavy atom. The fraction of sp³-hybridized carbons (Fsp3) is 0.182. The van der Waals surface area contributed by atoms with Crippen LogP contribution in [0.3, 0.4) is 0 Å². The molecule has 4 heteroatoms. The summed E-state index contributed by atoms with van der Waals surface area (Å²) in [6.45, 7) is 4.07. The van der Waals surface area contributed by atoms with Crippen LogP contribution in [-0.2, 0) is 4.79 Å². The van der Waals surface area contributed by atoms with Crippen molar-refractivity contribution in [3.8, 4) is 11.1 Å². The molecule has 1 amide bonds. The van der Waals surface area contributed by atoms with E-state index in [9.17, 15) is 4.79 Å². The molecule has 2 aromatic carbocycles. The molecule has 2 N–H and O–H groups in total. The van der Waals surface area contributed by atoms with E-state index >= 15 is 0 Å². The van der Waals surface area contributed by atoms with Crippen molar-refractivity contribution in [3.63, 3.8) is 0 Å². The van der Waals surface area contributed by atoms with E-state index in [1.165, 1.54) is 0 Å². The van der Waals surface area contributed by atoms with E-state index in [-0.39, 0.29) is 17.9 Å². The molecule has 0 fully saturated rings. The van der Waals surface area contributed by atoms with Gasteiger partial charge in [0.25, 0.3) is 0 Å². The standard InChI is InChI=1S/C22H23N3O/c1-16(2)21(24-19-6-4-3-5-7-19)22(26)25-20-10-8-17(9-11-20)18-12-14-23-15-13-18/h3-16,21,24H,1-2H3,(H,25,26). The maximum atomic E-state index is 12.7. The van der Waals surface area contributed by atoms with Gasteiger partial charge in [0.1, 0.15) is 6.04 Å². The number of para-hydroxylation sites is 1. The fourth-order valence-corrected chi connectivity index (χ4v) is 2.76. The van der Waals surface area contributed by atoms with Crippen LogP contribution in [0.15, 0.2) is 79.1 Å². The molecule has 132 valence electrons. The van der Waals surface area contributed by atoms with Gasteiger partial charge in [-0.1, -0.05) is 44.2 Å². The number of nitrogens with zero attached hydrogens (tertiary/aromatic N) is 1. The molecule has 0 saturated heterocycles. The summed E-state index contributed by atoms with van der Waals surface area (Å²) >= 11 is 0. The number of pyridine rings is 1. The van der Waals surface area contributed by atoms with Gasteiger partial charge in [0, 0.05) is 23.8 Å². The van der Waals surface area contributed by atoms with Gasteiger partial charge in [0.2, 0.25) is 5.91 Å². The first-order valence-corrected chi connectivity index (χ1v) is 8.76. The van der Waals surface area contributed by atoms with Crippen molar-refractivity contribution in [2.75, 3.05) is 10.6 Å². The maximum Gasteiger partial charge on any atom is 0.247 e. The van der Waals surface area contributed by atoms with E-state index < -0.39 is 0 Å². The van der Waals surface area contributed by atoms with Gasteiger partial charge in [-0.05, 0) is 53.4 Å². The Labute approximate surface area is 154 Å². The molecule has 1 unspecified atom stereocenters. The van der Waals surface area contributed by atoms with E-state index in [4.69, 9.17) is 0 Å². The van der Waals surface area contributed by atoms with Crippen molar-refractivity contribution in [2.45, 2.75) is 19.9 Å². The molecule has 0 saturated carbocycles. The van der Waals surface area contributed by atoms with E-state index in [0.29, 0.717) is 0 Å². The van der Waals surface area contributed by atoms with Crippen molar-refractivity contribution in [1.82, 2.24) is 4.98 Å². The Morgan fingerprint density at radius 1 is 0.808 bits per heavy atom. The number of carbonyl (C=O) groups excluding carboxylic acids is 1. The quantitative estimate of drug-likeness (QED) is 0.673. The summed E-state index contributed by atoms with van der Waals surface area (Å²) < 4.78 is 0. The van der Waals surface area contributed by atoms with Gasteiger partial charge in [0.05, 0.1) is 0 Å². The van der Waals surface area contributed by atoms with E-state index in [0.717, 1.165) is 22.5 Å². The van der Waals surface area contributed by atoms with Crippen LogP contribution < -0.4 is 10.6 Å². The summed E-state index contributed by atoms with van der Waals surface area (Å²) in [6, 6.07) is 21.3. The molecule has 1 aromatic heterocycles. The van der Waals surface area contributed by atoms with Crippen LogP contribution in [0.2, 0.25) is 0 Å². The minimum Gasteiger partial charge on any atom is -0.373 e. The number of benzene rings is 2. The van der Waals surface area contributed by atoms with Crippen LogP contribution in [0.1, 0.15) is 13.8 Å². The predicted molar refractivity (Wildman–Crippen MR) is 107 cm³/mol. The van der Waals surface area contributed by atoms with Crippen LogP contribution in [0, 0.1) is 5.92 Å². The second kappa shape index (κ2) is 8.30. The van der Waals surface area contributed by atoms with Gasteiger partial charge in [-0.2, -0.15) is 0 Å². The van der Waals surface area contributed by atoms with Crippen LogP contribution >= 0.6 is 0 Å². The van der Waals surface area contributed by atoms with Crippen LogP contribution in [-0.4, -0.2) is 16.9 Å². The molecule has 1 atom stereocenters. The summed E-state index contributed by atoms with van der Waals surface area (Å²) in [4.78, 5) is 16.8. The van der Waals surface area contributed by atoms with Gasteiger partial charge in [-0.3, -0.25) is 9.78 Å². The molecule has 0 spiro atoms. The van der Waals surface area contributed by atoms with Crippen LogP contribution in [0.5, 0.6) is 0 Å². The molecule has 0 aliphatic rings. The Kier molecular flexibility index (Phi) is 5.64. The summed E-state index contributed by atoms with van der Waals surface area (Å²) in [7, 11) is 0. The molecule has 3 rings (SSSR count). The number of amides is 1. The molecular formula is C22H23N3O. The highest BCUT2D eigenvalue weighted by atomic mass is 16.2. The highest BCUT2D eigenvalue weighted by Crippen LogP contribution is 2.21. The molecule has 0 radical (unpaired) electrons. The Hall–Kier alpha value is -3.14. The number of anilines is 2. The number of aromatic nitrogens is 1. The smallest absolute Gasteiger partial charge is 0.247 e. The molecule has 4 nitrogen and oxygen atoms in total. The average molecular weight is 345 g/mol. The maximum absolute atomic E-state index is 12.7. The van der Waals surface area contributed by atoms with Crippen molar-refractivity contribution >= 4 is 17.3 Å². The largest absolute Gasteiger partial charge is 0.373 e. The lowest BCUT2D eigenvalue weighted by Gasteiger charge is -2.23. The number of hydrogen-bond donors (Lipinski definition) is 2. The lowest BCUT2D eigenvalue weighted by molar-refractivity contribution is -0.117. The molecule has 26 heavy (non-hydrogen) atoms. The van der Waals surface area contributed by atoms with Gasteiger partial charge >= 0.3 is 0 Å². The summed E-state index contributed by atoms with van der Waals surface area (Å²) in [5.41, 5.74) is 3.92. The van der Waals surface area contributed by atoms with Crippen molar-refractivity contribution in [2.24, 2.45) is 5.92 Å². The van der Waals surface area contributed by atoms with Crippen LogP contribution in [0.25, 0.3) is 11.1 Å². The molecule has 1 heterocycles. The SMILES string of the molecule is CC(C)C(Nc1ccccc1)C(=O)Nc1ccc(-c2ccncc2)cc1. The van der Waals surface area contributed by atoms with Gasteiger partial charge in [-0.15, -0.1) is 0 Å². The lowest BCUT2D eigenvalue weighted by atomic mass is 10.0. The van der Waals surface area contributed by atoms with Crippen molar-refractivity contribution < 1.29 is 4.79 Å². The fourth-order valence-electron chi connectivity index (χ4n) is 2.76. The highest BCUT2D eigenvalue weighted by Gasteiger charge is 2.22. The first-order chi connectivity index (χ1) is 12.6. The highest BCUT2D eigenvalue weighted by molar-refractivity contribution is 5.97. The number of rotatable bonds is 6. The Morgan fingerprint density at radius 3 is 2.04 bits per heavy atom. The second-order valence-corrected chi connectivity index (χ2v) is 6.53. The Balaban J connectivity index is 1.69. The van der Waals surface area contributed by atoms with E-state index in [1.807, 2.05) is 80.6 Å².